The van der Waals surface area contributed by atoms with E-state index in [1.807, 2.05) is 0 Å². The summed E-state index contributed by atoms with van der Waals surface area (Å²) in [6, 6.07) is 3.17. The van der Waals surface area contributed by atoms with E-state index in [4.69, 9.17) is 5.73 Å². The number of ketones is 2. The fourth-order valence-electron chi connectivity index (χ4n) is 5.58. The summed E-state index contributed by atoms with van der Waals surface area (Å²) in [5.74, 6) is -8.86. The zero-order chi connectivity index (χ0) is 23.9. The van der Waals surface area contributed by atoms with Gasteiger partial charge in [0.25, 0.3) is 5.91 Å². The number of rotatable bonds is 2. The highest BCUT2D eigenvalue weighted by Crippen LogP contribution is 2.55. The van der Waals surface area contributed by atoms with Crippen LogP contribution in [0.15, 0.2) is 40.9 Å². The second-order valence-electron chi connectivity index (χ2n) is 8.79. The number of aliphatic hydroxyl groups excluding tert-OH is 3. The summed E-state index contributed by atoms with van der Waals surface area (Å²) in [5.41, 5.74) is 1.36. The molecule has 32 heavy (non-hydrogen) atoms. The van der Waals surface area contributed by atoms with Crippen molar-refractivity contribution in [2.45, 2.75) is 30.6 Å². The molecule has 0 fully saturated rings. The van der Waals surface area contributed by atoms with Gasteiger partial charge in [-0.2, -0.15) is 0 Å². The molecule has 0 radical (unpaired) electrons. The Bertz CT molecular complexity index is 1140. The number of benzene rings is 1. The molecule has 1 amide bonds. The van der Waals surface area contributed by atoms with Crippen molar-refractivity contribution in [2.24, 2.45) is 17.6 Å². The van der Waals surface area contributed by atoms with E-state index in [1.54, 1.807) is 19.1 Å². The van der Waals surface area contributed by atoms with Gasteiger partial charge < -0.3 is 31.3 Å². The van der Waals surface area contributed by atoms with Gasteiger partial charge in [0, 0.05) is 11.5 Å². The Labute approximate surface area is 182 Å². The van der Waals surface area contributed by atoms with Gasteiger partial charge in [0.15, 0.2) is 11.4 Å². The predicted molar refractivity (Wildman–Crippen MR) is 110 cm³/mol. The van der Waals surface area contributed by atoms with Gasteiger partial charge in [-0.3, -0.25) is 19.3 Å². The number of phenols is 1. The second kappa shape index (κ2) is 6.89. The van der Waals surface area contributed by atoms with Crippen molar-refractivity contribution in [3.63, 3.8) is 0 Å². The van der Waals surface area contributed by atoms with Gasteiger partial charge in [0.05, 0.1) is 23.6 Å². The third kappa shape index (κ3) is 2.48. The van der Waals surface area contributed by atoms with Crippen LogP contribution in [0.2, 0.25) is 0 Å². The van der Waals surface area contributed by atoms with E-state index >= 15 is 0 Å². The van der Waals surface area contributed by atoms with Crippen molar-refractivity contribution in [3.8, 4) is 5.75 Å². The Kier molecular flexibility index (Phi) is 4.74. The topological polar surface area (TPSA) is 182 Å². The van der Waals surface area contributed by atoms with Crippen LogP contribution in [0, 0.1) is 11.8 Å². The van der Waals surface area contributed by atoms with Crippen LogP contribution < -0.4 is 5.73 Å². The van der Waals surface area contributed by atoms with Gasteiger partial charge in [-0.05, 0) is 31.6 Å². The van der Waals surface area contributed by atoms with Gasteiger partial charge in [-0.15, -0.1) is 0 Å². The van der Waals surface area contributed by atoms with Crippen molar-refractivity contribution < 1.29 is 39.9 Å². The van der Waals surface area contributed by atoms with Crippen LogP contribution in [-0.2, 0) is 9.59 Å². The van der Waals surface area contributed by atoms with E-state index in [0.717, 1.165) is 0 Å². The zero-order valence-electron chi connectivity index (χ0n) is 17.6. The van der Waals surface area contributed by atoms with E-state index in [2.05, 4.69) is 0 Å². The Morgan fingerprint density at radius 3 is 2.34 bits per heavy atom. The van der Waals surface area contributed by atoms with Crippen LogP contribution in [-0.4, -0.2) is 79.7 Å². The third-order valence-electron chi connectivity index (χ3n) is 7.00. The zero-order valence-corrected chi connectivity index (χ0v) is 17.6. The molecule has 0 bridgehead atoms. The Morgan fingerprint density at radius 2 is 1.78 bits per heavy atom. The molecular formula is C22H24N2O8. The molecule has 0 aromatic heterocycles. The molecule has 0 saturated carbocycles. The van der Waals surface area contributed by atoms with Crippen molar-refractivity contribution >= 4 is 17.5 Å². The molecule has 5 unspecified atom stereocenters. The molecule has 170 valence electrons. The average Bonchev–Trinajstić information content (AvgIpc) is 2.70. The maximum Gasteiger partial charge on any atom is 0.255 e. The Hall–Kier alpha value is -3.21. The van der Waals surface area contributed by atoms with Crippen LogP contribution >= 0.6 is 0 Å². The van der Waals surface area contributed by atoms with Crippen LogP contribution in [0.5, 0.6) is 5.75 Å². The van der Waals surface area contributed by atoms with Gasteiger partial charge >= 0.3 is 0 Å². The van der Waals surface area contributed by atoms with E-state index in [0.29, 0.717) is 5.56 Å². The number of carbonyl (C=O) groups is 3. The number of phenolic OH excluding ortho intramolecular Hbond substituents is 1. The number of nitrogens with two attached hydrogens (primary N) is 1. The van der Waals surface area contributed by atoms with Gasteiger partial charge in [-0.25, -0.2) is 0 Å². The molecule has 0 heterocycles. The van der Waals surface area contributed by atoms with Crippen LogP contribution in [0.1, 0.15) is 28.8 Å². The first-order valence-electron chi connectivity index (χ1n) is 10.0. The van der Waals surface area contributed by atoms with Crippen molar-refractivity contribution in [3.05, 3.63) is 52.0 Å². The summed E-state index contributed by atoms with van der Waals surface area (Å²) >= 11 is 0. The number of Topliss-reactive ketones (excluding diaryl/α,β-unsaturated/α-hetero) is 2. The summed E-state index contributed by atoms with van der Waals surface area (Å²) in [6.45, 7) is 1.68. The van der Waals surface area contributed by atoms with E-state index < -0.39 is 75.6 Å². The standard InChI is InChI=1S/C22H24N2O8/c1-7-8-5-4-6-9(25)11(8)16(26)12-10(7)17(27)14-15(24(2)3)18(28)13(21(23)31)20(30)22(14,32)19(12)29/h4-7,10,14-15,17,25,27-29,32H,1-3H3,(H2,23,31)/t7-,10?,14?,15?,17?,22?/m1/s1. The lowest BCUT2D eigenvalue weighted by atomic mass is 9.55. The van der Waals surface area contributed by atoms with Crippen molar-refractivity contribution in [1.29, 1.82) is 0 Å². The summed E-state index contributed by atoms with van der Waals surface area (Å²) in [4.78, 5) is 39.8. The predicted octanol–water partition coefficient (Wildman–Crippen LogP) is -0.348. The molecule has 0 saturated heterocycles. The van der Waals surface area contributed by atoms with Crippen LogP contribution in [0.4, 0.5) is 0 Å². The molecule has 7 N–H and O–H groups in total. The molecular weight excluding hydrogens is 420 g/mol. The number of aromatic hydroxyl groups is 1. The molecule has 6 atom stereocenters. The van der Waals surface area contributed by atoms with Crippen LogP contribution in [0.3, 0.4) is 0 Å². The first-order valence-corrected chi connectivity index (χ1v) is 10.0. The molecule has 0 aliphatic heterocycles. The summed E-state index contributed by atoms with van der Waals surface area (Å²) in [7, 11) is 2.98. The van der Waals surface area contributed by atoms with Crippen molar-refractivity contribution in [2.75, 3.05) is 14.1 Å². The quantitative estimate of drug-likeness (QED) is 0.332. The maximum atomic E-state index is 13.3. The highest BCUT2D eigenvalue weighted by Gasteiger charge is 2.67. The molecule has 0 spiro atoms. The lowest BCUT2D eigenvalue weighted by molar-refractivity contribution is -0.162. The van der Waals surface area contributed by atoms with Gasteiger partial charge in [-0.1, -0.05) is 19.1 Å². The maximum absolute atomic E-state index is 13.3. The summed E-state index contributed by atoms with van der Waals surface area (Å²) in [5, 5.41) is 55.0. The second-order valence-corrected chi connectivity index (χ2v) is 8.79. The number of amides is 1. The molecule has 10 heteroatoms. The SMILES string of the molecule is C[C@@H]1c2cccc(O)c2C(=O)C2=C(O)C3(O)C(=O)C(C(N)=O)=C(O)C(N(C)C)C3C(O)C21. The number of fused-ring (bicyclic) bond motifs is 3. The Balaban J connectivity index is 2.06. The molecule has 4 rings (SSSR count). The molecule has 3 aliphatic rings. The van der Waals surface area contributed by atoms with E-state index in [1.165, 1.54) is 25.1 Å². The number of primary amides is 1. The first-order chi connectivity index (χ1) is 14.9. The number of likely N-dealkylation sites (N-methyl/N-ethyl adjacent to an activating group) is 1. The molecule has 1 aromatic rings. The minimum absolute atomic E-state index is 0.104. The number of aliphatic hydroxyl groups is 4. The van der Waals surface area contributed by atoms with Crippen molar-refractivity contribution in [1.82, 2.24) is 4.90 Å². The van der Waals surface area contributed by atoms with Gasteiger partial charge in [0.1, 0.15) is 22.8 Å². The first kappa shape index (κ1) is 22.0. The largest absolute Gasteiger partial charge is 0.510 e. The fourth-order valence-corrected chi connectivity index (χ4v) is 5.58. The number of carbonyl (C=O) groups excluding carboxylic acids is 3. The lowest BCUT2D eigenvalue weighted by Gasteiger charge is -2.53. The molecule has 3 aliphatic carbocycles. The third-order valence-corrected chi connectivity index (χ3v) is 7.00. The number of nitrogens with zero attached hydrogens (tertiary/aromatic N) is 1. The number of hydrogen-bond donors (Lipinski definition) is 6. The monoisotopic (exact) mass is 444 g/mol. The highest BCUT2D eigenvalue weighted by atomic mass is 16.4. The fraction of sp³-hybridized carbons (Fsp3) is 0.409. The van der Waals surface area contributed by atoms with E-state index in [-0.39, 0.29) is 11.3 Å². The summed E-state index contributed by atoms with van der Waals surface area (Å²) in [6.07, 6.45) is -1.59. The van der Waals surface area contributed by atoms with Crippen LogP contribution in [0.25, 0.3) is 0 Å². The lowest BCUT2D eigenvalue weighted by Crippen LogP contribution is -2.68. The summed E-state index contributed by atoms with van der Waals surface area (Å²) < 4.78 is 0. The highest BCUT2D eigenvalue weighted by molar-refractivity contribution is 6.25. The Morgan fingerprint density at radius 1 is 1.16 bits per heavy atom. The minimum atomic E-state index is -2.89. The normalized spacial score (nSPS) is 34.4. The molecule has 1 aromatic carbocycles. The smallest absolute Gasteiger partial charge is 0.255 e. The molecule has 10 nitrogen and oxygen atoms in total. The van der Waals surface area contributed by atoms with E-state index in [9.17, 15) is 39.9 Å². The number of hydrogen-bond acceptors (Lipinski definition) is 9. The van der Waals surface area contributed by atoms with Gasteiger partial charge in [0.2, 0.25) is 5.78 Å². The minimum Gasteiger partial charge on any atom is -0.510 e. The average molecular weight is 444 g/mol.